The van der Waals surface area contributed by atoms with Crippen LogP contribution < -0.4 is 5.56 Å². The number of benzene rings is 1. The van der Waals surface area contributed by atoms with Crippen LogP contribution in [-0.2, 0) is 11.2 Å². The molecule has 1 aromatic carbocycles. The summed E-state index contributed by atoms with van der Waals surface area (Å²) in [5, 5.41) is 12.2. The first-order valence-electron chi connectivity index (χ1n) is 5.94. The Balaban J connectivity index is 2.15. The molecule has 0 aliphatic carbocycles. The van der Waals surface area contributed by atoms with E-state index in [1.807, 2.05) is 24.3 Å². The summed E-state index contributed by atoms with van der Waals surface area (Å²) in [6.45, 7) is 1.68. The van der Waals surface area contributed by atoms with E-state index in [2.05, 4.69) is 10.1 Å². The summed E-state index contributed by atoms with van der Waals surface area (Å²) in [7, 11) is 0. The van der Waals surface area contributed by atoms with Crippen molar-refractivity contribution in [3.05, 3.63) is 45.9 Å². The van der Waals surface area contributed by atoms with Crippen LogP contribution in [0, 0.1) is 6.92 Å². The van der Waals surface area contributed by atoms with Gasteiger partial charge in [0.1, 0.15) is 0 Å². The van der Waals surface area contributed by atoms with E-state index in [1.54, 1.807) is 6.92 Å². The van der Waals surface area contributed by atoms with Crippen molar-refractivity contribution in [3.8, 4) is 5.13 Å². The lowest BCUT2D eigenvalue weighted by Gasteiger charge is -1.92. The number of thiazole rings is 1. The number of aliphatic carboxylic acids is 1. The molecule has 0 radical (unpaired) electrons. The number of carboxylic acids is 1. The first-order valence-corrected chi connectivity index (χ1v) is 6.76. The second kappa shape index (κ2) is 4.61. The number of nitrogens with one attached hydrogen (secondary N) is 1. The van der Waals surface area contributed by atoms with Gasteiger partial charge in [0.2, 0.25) is 5.13 Å². The van der Waals surface area contributed by atoms with Gasteiger partial charge in [0.15, 0.2) is 0 Å². The number of para-hydroxylation sites is 1. The van der Waals surface area contributed by atoms with Crippen LogP contribution in [0.15, 0.2) is 29.1 Å². The van der Waals surface area contributed by atoms with Crippen molar-refractivity contribution in [3.63, 3.8) is 0 Å². The van der Waals surface area contributed by atoms with E-state index in [4.69, 9.17) is 5.11 Å². The fourth-order valence-electron chi connectivity index (χ4n) is 2.03. The molecule has 3 aromatic rings. The summed E-state index contributed by atoms with van der Waals surface area (Å²) in [4.78, 5) is 27.4. The van der Waals surface area contributed by atoms with Crippen molar-refractivity contribution < 1.29 is 9.90 Å². The summed E-state index contributed by atoms with van der Waals surface area (Å²) in [5.74, 6) is -1.03. The lowest BCUT2D eigenvalue weighted by molar-refractivity contribution is -0.136. The molecular weight excluding hydrogens is 278 g/mol. The van der Waals surface area contributed by atoms with Crippen molar-refractivity contribution >= 4 is 27.5 Å². The zero-order chi connectivity index (χ0) is 14.3. The van der Waals surface area contributed by atoms with E-state index in [0.717, 1.165) is 10.2 Å². The van der Waals surface area contributed by atoms with Gasteiger partial charge >= 0.3 is 5.97 Å². The van der Waals surface area contributed by atoms with Crippen LogP contribution in [0.1, 0.15) is 11.3 Å². The minimum atomic E-state index is -1.03. The molecule has 0 atom stereocenters. The Morgan fingerprint density at radius 3 is 2.90 bits per heavy atom. The standard InChI is InChI=1S/C13H11N3O3S/c1-7-8(6-11(17)18)12(19)16(15-7)13-14-9-4-2-3-5-10(9)20-13/h2-5,15H,6H2,1H3,(H,17,18). The van der Waals surface area contributed by atoms with Crippen LogP contribution in [-0.4, -0.2) is 25.8 Å². The van der Waals surface area contributed by atoms with Gasteiger partial charge in [0, 0.05) is 5.69 Å². The molecule has 0 saturated carbocycles. The molecule has 20 heavy (non-hydrogen) atoms. The number of aryl methyl sites for hydroxylation is 1. The third-order valence-corrected chi connectivity index (χ3v) is 4.02. The summed E-state index contributed by atoms with van der Waals surface area (Å²) in [5.41, 5.74) is 1.27. The topological polar surface area (TPSA) is 88.0 Å². The number of carboxylic acid groups (broad SMARTS) is 1. The molecule has 0 amide bonds. The Hall–Kier alpha value is -2.41. The number of hydrogen-bond acceptors (Lipinski definition) is 4. The second-order valence-electron chi connectivity index (χ2n) is 4.39. The molecule has 3 rings (SSSR count). The van der Waals surface area contributed by atoms with Gasteiger partial charge in [-0.25, -0.2) is 4.98 Å². The molecule has 6 nitrogen and oxygen atoms in total. The molecular formula is C13H11N3O3S. The van der Waals surface area contributed by atoms with Crippen LogP contribution in [0.5, 0.6) is 0 Å². The number of hydrogen-bond donors (Lipinski definition) is 2. The van der Waals surface area contributed by atoms with Crippen molar-refractivity contribution in [2.45, 2.75) is 13.3 Å². The zero-order valence-electron chi connectivity index (χ0n) is 10.6. The van der Waals surface area contributed by atoms with Crippen LogP contribution in [0.4, 0.5) is 0 Å². The first-order chi connectivity index (χ1) is 9.56. The molecule has 0 spiro atoms. The molecule has 0 unspecified atom stereocenters. The molecule has 0 fully saturated rings. The molecule has 0 aliphatic heterocycles. The third-order valence-electron chi connectivity index (χ3n) is 3.00. The highest BCUT2D eigenvalue weighted by Crippen LogP contribution is 2.23. The molecule has 0 aliphatic rings. The number of aromatic nitrogens is 3. The Kier molecular flexibility index (Phi) is 2.90. The maximum atomic E-state index is 12.2. The molecule has 0 bridgehead atoms. The Morgan fingerprint density at radius 1 is 1.45 bits per heavy atom. The third kappa shape index (κ3) is 2.01. The van der Waals surface area contributed by atoms with Crippen molar-refractivity contribution in [2.75, 3.05) is 0 Å². The van der Waals surface area contributed by atoms with Crippen LogP contribution in [0.3, 0.4) is 0 Å². The first kappa shape index (κ1) is 12.6. The van der Waals surface area contributed by atoms with E-state index in [9.17, 15) is 9.59 Å². The minimum absolute atomic E-state index is 0.261. The Bertz CT molecular complexity index is 826. The Labute approximate surface area is 117 Å². The monoisotopic (exact) mass is 289 g/mol. The summed E-state index contributed by atoms with van der Waals surface area (Å²) >= 11 is 1.38. The largest absolute Gasteiger partial charge is 0.481 e. The van der Waals surface area contributed by atoms with Gasteiger partial charge in [-0.2, -0.15) is 4.68 Å². The summed E-state index contributed by atoms with van der Waals surface area (Å²) in [6, 6.07) is 7.58. The quantitative estimate of drug-likeness (QED) is 0.768. The number of nitrogens with zero attached hydrogens (tertiary/aromatic N) is 2. The number of carbonyl (C=O) groups is 1. The van der Waals surface area contributed by atoms with Crippen molar-refractivity contribution in [1.82, 2.24) is 14.8 Å². The van der Waals surface area contributed by atoms with Gasteiger partial charge in [-0.3, -0.25) is 14.7 Å². The van der Waals surface area contributed by atoms with Crippen LogP contribution >= 0.6 is 11.3 Å². The maximum Gasteiger partial charge on any atom is 0.308 e. The fourth-order valence-corrected chi connectivity index (χ4v) is 2.96. The van der Waals surface area contributed by atoms with Crippen molar-refractivity contribution in [1.29, 1.82) is 0 Å². The highest BCUT2D eigenvalue weighted by atomic mass is 32.1. The van der Waals surface area contributed by atoms with E-state index in [0.29, 0.717) is 10.8 Å². The molecule has 7 heteroatoms. The average molecular weight is 289 g/mol. The average Bonchev–Trinajstić information content (AvgIpc) is 2.94. The highest BCUT2D eigenvalue weighted by molar-refractivity contribution is 7.20. The summed E-state index contributed by atoms with van der Waals surface area (Å²) < 4.78 is 2.28. The number of rotatable bonds is 3. The number of H-pyrrole nitrogens is 1. The molecule has 0 saturated heterocycles. The second-order valence-corrected chi connectivity index (χ2v) is 5.40. The minimum Gasteiger partial charge on any atom is -0.481 e. The lowest BCUT2D eigenvalue weighted by atomic mass is 10.2. The van der Waals surface area contributed by atoms with Gasteiger partial charge in [-0.05, 0) is 19.1 Å². The predicted molar refractivity (Wildman–Crippen MR) is 75.6 cm³/mol. The fraction of sp³-hybridized carbons (Fsp3) is 0.154. The zero-order valence-corrected chi connectivity index (χ0v) is 11.4. The molecule has 2 N–H and O–H groups in total. The van der Waals surface area contributed by atoms with E-state index in [1.165, 1.54) is 16.0 Å². The summed E-state index contributed by atoms with van der Waals surface area (Å²) in [6.07, 6.45) is -0.293. The van der Waals surface area contributed by atoms with Crippen LogP contribution in [0.25, 0.3) is 15.3 Å². The van der Waals surface area contributed by atoms with E-state index >= 15 is 0 Å². The van der Waals surface area contributed by atoms with Gasteiger partial charge in [0.25, 0.3) is 5.56 Å². The van der Waals surface area contributed by atoms with E-state index < -0.39 is 5.97 Å². The van der Waals surface area contributed by atoms with Gasteiger partial charge in [0.05, 0.1) is 22.2 Å². The Morgan fingerprint density at radius 2 is 2.20 bits per heavy atom. The highest BCUT2D eigenvalue weighted by Gasteiger charge is 2.17. The molecule has 2 aromatic heterocycles. The van der Waals surface area contributed by atoms with Gasteiger partial charge < -0.3 is 5.11 Å². The van der Waals surface area contributed by atoms with Crippen molar-refractivity contribution in [2.24, 2.45) is 0 Å². The van der Waals surface area contributed by atoms with Gasteiger partial charge in [-0.1, -0.05) is 23.5 Å². The van der Waals surface area contributed by atoms with Gasteiger partial charge in [-0.15, -0.1) is 0 Å². The van der Waals surface area contributed by atoms with E-state index in [-0.39, 0.29) is 17.5 Å². The smallest absolute Gasteiger partial charge is 0.308 e. The molecule has 102 valence electrons. The predicted octanol–water partition coefficient (Wildman–Crippen LogP) is 1.71. The lowest BCUT2D eigenvalue weighted by Crippen LogP contribution is -2.19. The maximum absolute atomic E-state index is 12.2. The number of aromatic amines is 1. The normalized spacial score (nSPS) is 11.1. The molecule has 2 heterocycles. The van der Waals surface area contributed by atoms with Crippen LogP contribution in [0.2, 0.25) is 0 Å². The SMILES string of the molecule is Cc1[nH]n(-c2nc3ccccc3s2)c(=O)c1CC(=O)O. The number of fused-ring (bicyclic) bond motifs is 1.